The molecule has 9 heteroatoms. The number of furan rings is 1. The maximum Gasteiger partial charge on any atom is 0.277 e. The van der Waals surface area contributed by atoms with E-state index >= 15 is 0 Å². The average Bonchev–Trinajstić information content (AvgIpc) is 3.18. The number of carbonyl (C=O) groups is 1. The van der Waals surface area contributed by atoms with Crippen molar-refractivity contribution in [3.8, 4) is 11.5 Å². The minimum absolute atomic E-state index is 0.228. The Labute approximate surface area is 146 Å². The van der Waals surface area contributed by atoms with Crippen molar-refractivity contribution in [1.29, 1.82) is 0 Å². The van der Waals surface area contributed by atoms with E-state index in [1.165, 1.54) is 6.20 Å². The standard InChI is InChI=1S/C15H13ClN4O3S/c1-8-11(5-6-22-8)14-19-20-15(23-14)24-9(2)13(21)18-12-4-3-10(16)7-17-12/h3-7,9H,1-2H3,(H,17,18,21). The van der Waals surface area contributed by atoms with E-state index in [-0.39, 0.29) is 5.91 Å². The summed E-state index contributed by atoms with van der Waals surface area (Å²) in [7, 11) is 0. The van der Waals surface area contributed by atoms with Crippen molar-refractivity contribution in [2.24, 2.45) is 0 Å². The summed E-state index contributed by atoms with van der Waals surface area (Å²) >= 11 is 6.92. The van der Waals surface area contributed by atoms with Gasteiger partial charge in [-0.1, -0.05) is 23.4 Å². The molecule has 1 unspecified atom stereocenters. The molecule has 24 heavy (non-hydrogen) atoms. The molecule has 0 aliphatic carbocycles. The van der Waals surface area contributed by atoms with Gasteiger partial charge >= 0.3 is 0 Å². The lowest BCUT2D eigenvalue weighted by molar-refractivity contribution is -0.115. The quantitative estimate of drug-likeness (QED) is 0.688. The molecule has 0 spiro atoms. The lowest BCUT2D eigenvalue weighted by Crippen LogP contribution is -2.22. The number of thioether (sulfide) groups is 1. The Kier molecular flexibility index (Phi) is 4.86. The van der Waals surface area contributed by atoms with Crippen LogP contribution in [-0.4, -0.2) is 26.3 Å². The fourth-order valence-corrected chi connectivity index (χ4v) is 2.65. The number of rotatable bonds is 5. The van der Waals surface area contributed by atoms with E-state index in [1.807, 2.05) is 6.92 Å². The van der Waals surface area contributed by atoms with Gasteiger partial charge in [0.1, 0.15) is 11.6 Å². The van der Waals surface area contributed by atoms with Crippen LogP contribution in [-0.2, 0) is 4.79 Å². The summed E-state index contributed by atoms with van der Waals surface area (Å²) in [6, 6.07) is 5.03. The molecule has 124 valence electrons. The summed E-state index contributed by atoms with van der Waals surface area (Å²) in [4.78, 5) is 16.2. The average molecular weight is 365 g/mol. The molecule has 3 heterocycles. The van der Waals surface area contributed by atoms with E-state index in [1.54, 1.807) is 31.4 Å². The van der Waals surface area contributed by atoms with E-state index in [0.29, 0.717) is 27.7 Å². The highest BCUT2D eigenvalue weighted by atomic mass is 35.5. The largest absolute Gasteiger partial charge is 0.469 e. The second-order valence-corrected chi connectivity index (χ2v) is 6.60. The van der Waals surface area contributed by atoms with Crippen LogP contribution < -0.4 is 5.32 Å². The number of anilines is 1. The molecule has 3 aromatic rings. The Morgan fingerprint density at radius 1 is 1.33 bits per heavy atom. The van der Waals surface area contributed by atoms with E-state index in [2.05, 4.69) is 20.5 Å². The summed E-state index contributed by atoms with van der Waals surface area (Å²) in [5.74, 6) is 1.25. The van der Waals surface area contributed by atoms with Crippen LogP contribution >= 0.6 is 23.4 Å². The number of amides is 1. The first-order valence-corrected chi connectivity index (χ1v) is 8.26. The molecule has 1 atom stereocenters. The fourth-order valence-electron chi connectivity index (χ4n) is 1.86. The molecule has 0 aromatic carbocycles. The normalized spacial score (nSPS) is 12.1. The van der Waals surface area contributed by atoms with Gasteiger partial charge in [-0.25, -0.2) is 4.98 Å². The first-order valence-electron chi connectivity index (χ1n) is 7.00. The van der Waals surface area contributed by atoms with Crippen LogP contribution in [0.2, 0.25) is 5.02 Å². The molecular weight excluding hydrogens is 352 g/mol. The monoisotopic (exact) mass is 364 g/mol. The number of nitrogens with zero attached hydrogens (tertiary/aromatic N) is 3. The van der Waals surface area contributed by atoms with Gasteiger partial charge in [-0.05, 0) is 32.0 Å². The van der Waals surface area contributed by atoms with Crippen LogP contribution in [0.1, 0.15) is 12.7 Å². The third-order valence-corrected chi connectivity index (χ3v) is 4.28. The van der Waals surface area contributed by atoms with Gasteiger partial charge in [0.2, 0.25) is 5.91 Å². The third-order valence-electron chi connectivity index (χ3n) is 3.12. The number of hydrogen-bond acceptors (Lipinski definition) is 7. The Morgan fingerprint density at radius 3 is 2.83 bits per heavy atom. The van der Waals surface area contributed by atoms with Gasteiger partial charge in [0.05, 0.1) is 22.1 Å². The summed E-state index contributed by atoms with van der Waals surface area (Å²) in [6.45, 7) is 3.55. The van der Waals surface area contributed by atoms with Crippen molar-refractivity contribution < 1.29 is 13.6 Å². The van der Waals surface area contributed by atoms with Gasteiger partial charge < -0.3 is 14.2 Å². The molecule has 1 amide bonds. The second-order valence-electron chi connectivity index (χ2n) is 4.87. The SMILES string of the molecule is Cc1occc1-c1nnc(SC(C)C(=O)Nc2ccc(Cl)cn2)o1. The van der Waals surface area contributed by atoms with E-state index in [9.17, 15) is 4.79 Å². The maximum atomic E-state index is 12.2. The van der Waals surface area contributed by atoms with Gasteiger partial charge in [0.25, 0.3) is 11.1 Å². The minimum Gasteiger partial charge on any atom is -0.469 e. The topological polar surface area (TPSA) is 94.0 Å². The van der Waals surface area contributed by atoms with Crippen molar-refractivity contribution in [1.82, 2.24) is 15.2 Å². The third kappa shape index (κ3) is 3.77. The Bertz CT molecular complexity index is 847. The van der Waals surface area contributed by atoms with Gasteiger partial charge in [0, 0.05) is 6.20 Å². The van der Waals surface area contributed by atoms with Crippen molar-refractivity contribution >= 4 is 35.1 Å². The molecule has 0 radical (unpaired) electrons. The van der Waals surface area contributed by atoms with Crippen molar-refractivity contribution in [3.63, 3.8) is 0 Å². The minimum atomic E-state index is -0.443. The molecule has 3 rings (SSSR count). The van der Waals surface area contributed by atoms with E-state index in [4.69, 9.17) is 20.4 Å². The van der Waals surface area contributed by atoms with E-state index in [0.717, 1.165) is 17.3 Å². The number of hydrogen-bond donors (Lipinski definition) is 1. The van der Waals surface area contributed by atoms with Gasteiger partial charge in [-0.3, -0.25) is 4.79 Å². The fraction of sp³-hybridized carbons (Fsp3) is 0.200. The predicted molar refractivity (Wildman–Crippen MR) is 89.9 cm³/mol. The molecular formula is C15H13ClN4O3S. The Morgan fingerprint density at radius 2 is 2.17 bits per heavy atom. The van der Waals surface area contributed by atoms with Crippen molar-refractivity contribution in [3.05, 3.63) is 41.4 Å². The Hall–Kier alpha value is -2.32. The highest BCUT2D eigenvalue weighted by molar-refractivity contribution is 8.00. The van der Waals surface area contributed by atoms with Crippen molar-refractivity contribution in [2.45, 2.75) is 24.3 Å². The van der Waals surface area contributed by atoms with Crippen LogP contribution in [0.5, 0.6) is 0 Å². The smallest absolute Gasteiger partial charge is 0.277 e. The van der Waals surface area contributed by atoms with Crippen LogP contribution in [0.4, 0.5) is 5.82 Å². The number of aryl methyl sites for hydroxylation is 1. The van der Waals surface area contributed by atoms with Crippen LogP contribution in [0.15, 0.2) is 44.7 Å². The van der Waals surface area contributed by atoms with Gasteiger partial charge in [-0.2, -0.15) is 0 Å². The molecule has 7 nitrogen and oxygen atoms in total. The van der Waals surface area contributed by atoms with Gasteiger partial charge in [0.15, 0.2) is 0 Å². The first kappa shape index (κ1) is 16.5. The second kappa shape index (κ2) is 7.06. The number of pyridine rings is 1. The number of nitrogens with one attached hydrogen (secondary N) is 1. The molecule has 0 saturated carbocycles. The molecule has 1 N–H and O–H groups in total. The summed E-state index contributed by atoms with van der Waals surface area (Å²) in [5, 5.41) is 11.0. The maximum absolute atomic E-state index is 12.2. The molecule has 0 aliphatic heterocycles. The van der Waals surface area contributed by atoms with Crippen LogP contribution in [0.3, 0.4) is 0 Å². The molecule has 0 fully saturated rings. The molecule has 0 aliphatic rings. The molecule has 0 saturated heterocycles. The summed E-state index contributed by atoms with van der Waals surface area (Å²) in [5.41, 5.74) is 0.733. The zero-order valence-electron chi connectivity index (χ0n) is 12.8. The van der Waals surface area contributed by atoms with Gasteiger partial charge in [-0.15, -0.1) is 10.2 Å². The number of halogens is 1. The lowest BCUT2D eigenvalue weighted by Gasteiger charge is -2.08. The zero-order chi connectivity index (χ0) is 17.1. The number of carbonyl (C=O) groups excluding carboxylic acids is 1. The molecule has 0 bridgehead atoms. The van der Waals surface area contributed by atoms with Crippen LogP contribution in [0.25, 0.3) is 11.5 Å². The Balaban J connectivity index is 1.63. The predicted octanol–water partition coefficient (Wildman–Crippen LogP) is 3.81. The number of aromatic nitrogens is 3. The first-order chi connectivity index (χ1) is 11.5. The van der Waals surface area contributed by atoms with Crippen molar-refractivity contribution in [2.75, 3.05) is 5.32 Å². The lowest BCUT2D eigenvalue weighted by atomic mass is 10.3. The van der Waals surface area contributed by atoms with Crippen LogP contribution in [0, 0.1) is 6.92 Å². The van der Waals surface area contributed by atoms with E-state index < -0.39 is 5.25 Å². The summed E-state index contributed by atoms with van der Waals surface area (Å²) < 4.78 is 10.8. The highest BCUT2D eigenvalue weighted by Gasteiger charge is 2.20. The molecule has 3 aromatic heterocycles. The zero-order valence-corrected chi connectivity index (χ0v) is 14.4. The highest BCUT2D eigenvalue weighted by Crippen LogP contribution is 2.28. The summed E-state index contributed by atoms with van der Waals surface area (Å²) in [6.07, 6.45) is 3.02.